The zero-order chi connectivity index (χ0) is 25.3. The van der Waals surface area contributed by atoms with E-state index in [1.54, 1.807) is 0 Å². The van der Waals surface area contributed by atoms with Crippen LogP contribution in [-0.4, -0.2) is 60.4 Å². The Bertz CT molecular complexity index is 1290. The van der Waals surface area contributed by atoms with Crippen molar-refractivity contribution >= 4 is 28.1 Å². The molecule has 0 atom stereocenters. The van der Waals surface area contributed by atoms with Gasteiger partial charge in [0.1, 0.15) is 12.4 Å². The highest BCUT2D eigenvalue weighted by Gasteiger charge is 2.13. The van der Waals surface area contributed by atoms with Gasteiger partial charge in [0.2, 0.25) is 5.13 Å². The Hall–Kier alpha value is -3.79. The fourth-order valence-corrected chi connectivity index (χ4v) is 4.76. The van der Waals surface area contributed by atoms with Gasteiger partial charge >= 0.3 is 0 Å². The predicted molar refractivity (Wildman–Crippen MR) is 145 cm³/mol. The number of nitrogens with one attached hydrogen (secondary N) is 2. The highest BCUT2D eigenvalue weighted by Crippen LogP contribution is 2.34. The molecule has 0 bridgehead atoms. The summed E-state index contributed by atoms with van der Waals surface area (Å²) < 4.78 is 11.5. The lowest BCUT2D eigenvalue weighted by molar-refractivity contribution is 0.0383. The second-order valence-corrected chi connectivity index (χ2v) is 9.57. The van der Waals surface area contributed by atoms with Crippen LogP contribution in [0.4, 0.5) is 10.8 Å². The van der Waals surface area contributed by atoms with Gasteiger partial charge in [0.25, 0.3) is 5.91 Å². The Morgan fingerprint density at radius 2 is 1.70 bits per heavy atom. The number of rotatable bonds is 10. The zero-order valence-electron chi connectivity index (χ0n) is 20.4. The Morgan fingerprint density at radius 3 is 2.51 bits per heavy atom. The third-order valence-electron chi connectivity index (χ3n) is 6.00. The van der Waals surface area contributed by atoms with E-state index in [-0.39, 0.29) is 5.91 Å². The molecule has 0 unspecified atom stereocenters. The largest absolute Gasteiger partial charge is 0.488 e. The number of hydrogen-bond donors (Lipinski definition) is 2. The number of amides is 1. The SMILES string of the molecule is O=C(NCCN1CCOCC1)c1ccc(COc2ccccc2-c2nnc(Nc3ccccc3)s2)cc1. The van der Waals surface area contributed by atoms with E-state index in [2.05, 4.69) is 25.7 Å². The fourth-order valence-electron chi connectivity index (χ4n) is 3.96. The number of benzene rings is 3. The summed E-state index contributed by atoms with van der Waals surface area (Å²) in [5.41, 5.74) is 3.46. The summed E-state index contributed by atoms with van der Waals surface area (Å²) in [6, 6.07) is 25.2. The minimum Gasteiger partial charge on any atom is -0.488 e. The number of carbonyl (C=O) groups is 1. The molecule has 0 aliphatic carbocycles. The van der Waals surface area contributed by atoms with Crippen LogP contribution in [0, 0.1) is 0 Å². The molecule has 1 amide bonds. The van der Waals surface area contributed by atoms with Gasteiger partial charge in [0.05, 0.1) is 18.8 Å². The third kappa shape index (κ3) is 6.91. The maximum atomic E-state index is 12.5. The van der Waals surface area contributed by atoms with Crippen LogP contribution >= 0.6 is 11.3 Å². The molecular formula is C28H29N5O3S. The van der Waals surface area contributed by atoms with E-state index in [0.717, 1.165) is 65.6 Å². The monoisotopic (exact) mass is 515 g/mol. The van der Waals surface area contributed by atoms with E-state index >= 15 is 0 Å². The number of ether oxygens (including phenoxy) is 2. The first-order valence-electron chi connectivity index (χ1n) is 12.3. The number of para-hydroxylation sites is 2. The fraction of sp³-hybridized carbons (Fsp3) is 0.250. The van der Waals surface area contributed by atoms with Crippen LogP contribution in [-0.2, 0) is 11.3 Å². The van der Waals surface area contributed by atoms with Gasteiger partial charge in [-0.2, -0.15) is 0 Å². The van der Waals surface area contributed by atoms with Crippen molar-refractivity contribution in [3.8, 4) is 16.3 Å². The maximum absolute atomic E-state index is 12.5. The standard InChI is InChI=1S/C28H29N5O3S/c34-26(29-14-15-33-16-18-35-19-17-33)22-12-10-21(11-13-22)20-36-25-9-5-4-8-24(25)27-31-32-28(37-27)30-23-6-2-1-3-7-23/h1-13H,14-20H2,(H,29,34)(H,30,32). The molecule has 1 aliphatic rings. The smallest absolute Gasteiger partial charge is 0.251 e. The first kappa shape index (κ1) is 24.9. The predicted octanol–water partition coefficient (Wildman–Crippen LogP) is 4.59. The molecule has 5 rings (SSSR count). The maximum Gasteiger partial charge on any atom is 0.251 e. The molecule has 0 spiro atoms. The Labute approximate surface area is 220 Å². The molecule has 37 heavy (non-hydrogen) atoms. The molecule has 2 heterocycles. The Balaban J connectivity index is 1.15. The molecule has 1 saturated heterocycles. The number of anilines is 2. The van der Waals surface area contributed by atoms with E-state index in [1.807, 2.05) is 78.9 Å². The van der Waals surface area contributed by atoms with Crippen LogP contribution in [0.5, 0.6) is 5.75 Å². The zero-order valence-corrected chi connectivity index (χ0v) is 21.2. The first-order chi connectivity index (χ1) is 18.2. The van der Waals surface area contributed by atoms with E-state index in [9.17, 15) is 4.79 Å². The molecule has 3 aromatic carbocycles. The molecular weight excluding hydrogens is 486 g/mol. The van der Waals surface area contributed by atoms with Gasteiger partial charge in [-0.3, -0.25) is 9.69 Å². The highest BCUT2D eigenvalue weighted by molar-refractivity contribution is 7.18. The Morgan fingerprint density at radius 1 is 0.946 bits per heavy atom. The van der Waals surface area contributed by atoms with Gasteiger partial charge in [-0.05, 0) is 42.0 Å². The highest BCUT2D eigenvalue weighted by atomic mass is 32.1. The van der Waals surface area contributed by atoms with E-state index < -0.39 is 0 Å². The average Bonchev–Trinajstić information content (AvgIpc) is 3.41. The van der Waals surface area contributed by atoms with E-state index in [4.69, 9.17) is 9.47 Å². The number of nitrogens with zero attached hydrogens (tertiary/aromatic N) is 3. The quantitative estimate of drug-likeness (QED) is 0.319. The molecule has 8 nitrogen and oxygen atoms in total. The van der Waals surface area contributed by atoms with Gasteiger partial charge in [0.15, 0.2) is 5.01 Å². The van der Waals surface area contributed by atoms with Crippen molar-refractivity contribution in [3.05, 3.63) is 90.0 Å². The number of aromatic nitrogens is 2. The summed E-state index contributed by atoms with van der Waals surface area (Å²) in [6.07, 6.45) is 0. The summed E-state index contributed by atoms with van der Waals surface area (Å²) in [6.45, 7) is 5.18. The van der Waals surface area contributed by atoms with Crippen LogP contribution in [0.2, 0.25) is 0 Å². The minimum atomic E-state index is -0.0674. The van der Waals surface area contributed by atoms with Crippen molar-refractivity contribution in [2.45, 2.75) is 6.61 Å². The van der Waals surface area contributed by atoms with E-state index in [1.165, 1.54) is 11.3 Å². The minimum absolute atomic E-state index is 0.0674. The lowest BCUT2D eigenvalue weighted by atomic mass is 10.1. The summed E-state index contributed by atoms with van der Waals surface area (Å²) >= 11 is 1.47. The number of hydrogen-bond acceptors (Lipinski definition) is 8. The van der Waals surface area contributed by atoms with Crippen molar-refractivity contribution < 1.29 is 14.3 Å². The second kappa shape index (κ2) is 12.4. The second-order valence-electron chi connectivity index (χ2n) is 8.60. The van der Waals surface area contributed by atoms with Gasteiger partial charge in [-0.1, -0.05) is 53.8 Å². The van der Waals surface area contributed by atoms with Crippen LogP contribution in [0.25, 0.3) is 10.6 Å². The molecule has 190 valence electrons. The molecule has 1 fully saturated rings. The summed E-state index contributed by atoms with van der Waals surface area (Å²) in [5.74, 6) is 0.664. The molecule has 9 heteroatoms. The molecule has 2 N–H and O–H groups in total. The molecule has 0 saturated carbocycles. The molecule has 4 aromatic rings. The van der Waals surface area contributed by atoms with Crippen molar-refractivity contribution in [3.63, 3.8) is 0 Å². The average molecular weight is 516 g/mol. The van der Waals surface area contributed by atoms with Crippen LogP contribution in [0.15, 0.2) is 78.9 Å². The normalized spacial score (nSPS) is 13.7. The summed E-state index contributed by atoms with van der Waals surface area (Å²) in [4.78, 5) is 14.8. The van der Waals surface area contributed by atoms with Crippen LogP contribution in [0.1, 0.15) is 15.9 Å². The molecule has 0 radical (unpaired) electrons. The topological polar surface area (TPSA) is 88.6 Å². The molecule has 1 aromatic heterocycles. The van der Waals surface area contributed by atoms with Crippen molar-refractivity contribution in [1.82, 2.24) is 20.4 Å². The van der Waals surface area contributed by atoms with Gasteiger partial charge in [0, 0.05) is 37.4 Å². The number of carbonyl (C=O) groups excluding carboxylic acids is 1. The van der Waals surface area contributed by atoms with Crippen molar-refractivity contribution in [2.75, 3.05) is 44.7 Å². The lowest BCUT2D eigenvalue weighted by Gasteiger charge is -2.26. The molecule has 1 aliphatic heterocycles. The van der Waals surface area contributed by atoms with Gasteiger partial charge < -0.3 is 20.1 Å². The lowest BCUT2D eigenvalue weighted by Crippen LogP contribution is -2.41. The summed E-state index contributed by atoms with van der Waals surface area (Å²) in [7, 11) is 0. The van der Waals surface area contributed by atoms with Crippen LogP contribution < -0.4 is 15.4 Å². The van der Waals surface area contributed by atoms with Crippen molar-refractivity contribution in [1.29, 1.82) is 0 Å². The summed E-state index contributed by atoms with van der Waals surface area (Å²) in [5, 5.41) is 16.4. The third-order valence-corrected chi connectivity index (χ3v) is 6.87. The van der Waals surface area contributed by atoms with Gasteiger partial charge in [-0.15, -0.1) is 10.2 Å². The van der Waals surface area contributed by atoms with Gasteiger partial charge in [-0.25, -0.2) is 0 Å². The van der Waals surface area contributed by atoms with E-state index in [0.29, 0.717) is 18.7 Å². The van der Waals surface area contributed by atoms with Crippen molar-refractivity contribution in [2.24, 2.45) is 0 Å². The first-order valence-corrected chi connectivity index (χ1v) is 13.1. The number of morpholine rings is 1. The Kier molecular flexibility index (Phi) is 8.37. The van der Waals surface area contributed by atoms with Crippen LogP contribution in [0.3, 0.4) is 0 Å².